The van der Waals surface area contributed by atoms with Gasteiger partial charge in [-0.05, 0) is 25.5 Å². The van der Waals surface area contributed by atoms with Gasteiger partial charge in [0, 0.05) is 24.5 Å². The number of anilines is 2. The SMILES string of the molecule is Nc1cc2c(cn1)[nH]c1ncc(Cl)c(N3CCC(NCCCF)C3)c12. The zero-order valence-corrected chi connectivity index (χ0v) is 14.5. The Balaban J connectivity index is 1.73. The molecule has 4 N–H and O–H groups in total. The predicted octanol–water partition coefficient (Wildman–Crippen LogP) is 2.87. The molecule has 4 heterocycles. The molecule has 0 radical (unpaired) electrons. The highest BCUT2D eigenvalue weighted by atomic mass is 35.5. The second kappa shape index (κ2) is 6.65. The number of aromatic nitrogens is 3. The number of hydrogen-bond acceptors (Lipinski definition) is 5. The molecule has 8 heteroatoms. The van der Waals surface area contributed by atoms with Crippen molar-refractivity contribution in [1.82, 2.24) is 20.3 Å². The zero-order valence-electron chi connectivity index (χ0n) is 13.7. The molecule has 0 bridgehead atoms. The summed E-state index contributed by atoms with van der Waals surface area (Å²) in [6, 6.07) is 2.19. The smallest absolute Gasteiger partial charge is 0.140 e. The van der Waals surface area contributed by atoms with Crippen molar-refractivity contribution < 1.29 is 4.39 Å². The molecule has 3 aromatic rings. The van der Waals surface area contributed by atoms with Crippen molar-refractivity contribution in [3.63, 3.8) is 0 Å². The molecule has 1 saturated heterocycles. The molecule has 3 aromatic heterocycles. The van der Waals surface area contributed by atoms with Crippen LogP contribution in [0.15, 0.2) is 18.5 Å². The highest BCUT2D eigenvalue weighted by Crippen LogP contribution is 2.39. The molecule has 1 fully saturated rings. The topological polar surface area (TPSA) is 82.9 Å². The largest absolute Gasteiger partial charge is 0.384 e. The molecule has 25 heavy (non-hydrogen) atoms. The van der Waals surface area contributed by atoms with Gasteiger partial charge in [0.05, 0.1) is 40.7 Å². The maximum absolute atomic E-state index is 12.3. The summed E-state index contributed by atoms with van der Waals surface area (Å²) in [5.41, 5.74) is 8.50. The molecular formula is C17H20ClFN6. The number of aromatic amines is 1. The van der Waals surface area contributed by atoms with E-state index in [0.717, 1.165) is 47.1 Å². The molecule has 0 aliphatic carbocycles. The van der Waals surface area contributed by atoms with Crippen LogP contribution < -0.4 is 16.0 Å². The van der Waals surface area contributed by atoms with Crippen molar-refractivity contribution in [2.75, 3.05) is 36.9 Å². The number of alkyl halides is 1. The molecule has 0 saturated carbocycles. The molecule has 0 spiro atoms. The van der Waals surface area contributed by atoms with E-state index in [0.29, 0.717) is 29.8 Å². The maximum Gasteiger partial charge on any atom is 0.140 e. The first-order valence-corrected chi connectivity index (χ1v) is 8.81. The molecule has 0 amide bonds. The van der Waals surface area contributed by atoms with Gasteiger partial charge in [-0.25, -0.2) is 9.97 Å². The van der Waals surface area contributed by atoms with Gasteiger partial charge in [0.25, 0.3) is 0 Å². The van der Waals surface area contributed by atoms with E-state index in [9.17, 15) is 4.39 Å². The molecule has 0 aromatic carbocycles. The van der Waals surface area contributed by atoms with Crippen LogP contribution >= 0.6 is 11.6 Å². The van der Waals surface area contributed by atoms with Crippen LogP contribution in [-0.4, -0.2) is 47.3 Å². The van der Waals surface area contributed by atoms with E-state index in [1.165, 1.54) is 0 Å². The molecule has 1 aliphatic heterocycles. The fraction of sp³-hybridized carbons (Fsp3) is 0.412. The van der Waals surface area contributed by atoms with Crippen LogP contribution in [0.3, 0.4) is 0 Å². The number of nitrogens with zero attached hydrogens (tertiary/aromatic N) is 3. The molecule has 1 atom stereocenters. The van der Waals surface area contributed by atoms with E-state index >= 15 is 0 Å². The average Bonchev–Trinajstić information content (AvgIpc) is 3.20. The van der Waals surface area contributed by atoms with Gasteiger partial charge in [-0.1, -0.05) is 11.6 Å². The van der Waals surface area contributed by atoms with E-state index in [1.54, 1.807) is 12.4 Å². The Morgan fingerprint density at radius 2 is 2.28 bits per heavy atom. The van der Waals surface area contributed by atoms with Crippen molar-refractivity contribution in [2.45, 2.75) is 18.9 Å². The highest BCUT2D eigenvalue weighted by Gasteiger charge is 2.26. The van der Waals surface area contributed by atoms with Crippen molar-refractivity contribution in [2.24, 2.45) is 0 Å². The zero-order chi connectivity index (χ0) is 17.4. The number of halogens is 2. The third kappa shape index (κ3) is 2.98. The summed E-state index contributed by atoms with van der Waals surface area (Å²) in [7, 11) is 0. The predicted molar refractivity (Wildman–Crippen MR) is 100 cm³/mol. The van der Waals surface area contributed by atoms with Gasteiger partial charge in [-0.3, -0.25) is 4.39 Å². The summed E-state index contributed by atoms with van der Waals surface area (Å²) in [4.78, 5) is 14.1. The van der Waals surface area contributed by atoms with Crippen LogP contribution in [0.25, 0.3) is 21.9 Å². The van der Waals surface area contributed by atoms with Crippen LogP contribution in [0.5, 0.6) is 0 Å². The minimum Gasteiger partial charge on any atom is -0.384 e. The van der Waals surface area contributed by atoms with Gasteiger partial charge in [0.15, 0.2) is 0 Å². The fourth-order valence-electron chi connectivity index (χ4n) is 3.55. The van der Waals surface area contributed by atoms with Crippen LogP contribution in [0, 0.1) is 0 Å². The van der Waals surface area contributed by atoms with E-state index < -0.39 is 0 Å². The van der Waals surface area contributed by atoms with Gasteiger partial charge in [-0.15, -0.1) is 0 Å². The van der Waals surface area contributed by atoms with Crippen LogP contribution in [0.1, 0.15) is 12.8 Å². The molecule has 132 valence electrons. The number of H-pyrrole nitrogens is 1. The number of nitrogen functional groups attached to an aromatic ring is 1. The Hall–Kier alpha value is -2.12. The van der Waals surface area contributed by atoms with Crippen molar-refractivity contribution in [3.8, 4) is 0 Å². The quantitative estimate of drug-likeness (QED) is 0.608. The standard InChI is InChI=1S/C17H20ClFN6/c18-12-7-23-17-15(11-6-14(20)22-8-13(11)24-17)16(12)25-5-2-10(9-25)21-4-1-3-19/h6-8,10,21H,1-5,9H2,(H2,20,22)(H,23,24). The normalized spacial score (nSPS) is 17.8. The first kappa shape index (κ1) is 16.4. The third-order valence-corrected chi connectivity index (χ3v) is 4.98. The van der Waals surface area contributed by atoms with Gasteiger partial charge >= 0.3 is 0 Å². The Bertz CT molecular complexity index is 911. The minimum absolute atomic E-state index is 0.287. The van der Waals surface area contributed by atoms with E-state index in [4.69, 9.17) is 17.3 Å². The van der Waals surface area contributed by atoms with E-state index in [1.807, 2.05) is 6.07 Å². The second-order valence-corrected chi connectivity index (χ2v) is 6.79. The Morgan fingerprint density at radius 3 is 3.12 bits per heavy atom. The Labute approximate surface area is 149 Å². The molecule has 4 rings (SSSR count). The van der Waals surface area contributed by atoms with E-state index in [2.05, 4.69) is 25.2 Å². The lowest BCUT2D eigenvalue weighted by Gasteiger charge is -2.21. The van der Waals surface area contributed by atoms with Crippen molar-refractivity contribution >= 4 is 45.0 Å². The van der Waals surface area contributed by atoms with Gasteiger partial charge in [0.2, 0.25) is 0 Å². The van der Waals surface area contributed by atoms with Crippen LogP contribution in [0.2, 0.25) is 5.02 Å². The first-order valence-electron chi connectivity index (χ1n) is 8.43. The average molecular weight is 363 g/mol. The highest BCUT2D eigenvalue weighted by molar-refractivity contribution is 6.35. The number of pyridine rings is 2. The van der Waals surface area contributed by atoms with Gasteiger partial charge in [-0.2, -0.15) is 0 Å². The summed E-state index contributed by atoms with van der Waals surface area (Å²) in [5, 5.41) is 5.98. The number of hydrogen-bond donors (Lipinski definition) is 3. The lowest BCUT2D eigenvalue weighted by atomic mass is 10.2. The molecular weight excluding hydrogens is 343 g/mol. The number of nitrogens with one attached hydrogen (secondary N) is 2. The molecule has 1 aliphatic rings. The maximum atomic E-state index is 12.3. The first-order chi connectivity index (χ1) is 12.2. The Morgan fingerprint density at radius 1 is 1.40 bits per heavy atom. The lowest BCUT2D eigenvalue weighted by Crippen LogP contribution is -2.33. The Kier molecular flexibility index (Phi) is 4.35. The summed E-state index contributed by atoms with van der Waals surface area (Å²) < 4.78 is 12.3. The summed E-state index contributed by atoms with van der Waals surface area (Å²) in [6.07, 6.45) is 4.94. The minimum atomic E-state index is -0.287. The lowest BCUT2D eigenvalue weighted by molar-refractivity contribution is 0.443. The monoisotopic (exact) mass is 362 g/mol. The van der Waals surface area contributed by atoms with Crippen molar-refractivity contribution in [1.29, 1.82) is 0 Å². The number of nitrogens with two attached hydrogens (primary N) is 1. The summed E-state index contributed by atoms with van der Waals surface area (Å²) in [6.45, 7) is 2.13. The van der Waals surface area contributed by atoms with Crippen molar-refractivity contribution in [3.05, 3.63) is 23.5 Å². The van der Waals surface area contributed by atoms with Gasteiger partial charge in [0.1, 0.15) is 11.5 Å². The molecule has 6 nitrogen and oxygen atoms in total. The van der Waals surface area contributed by atoms with Crippen LogP contribution in [-0.2, 0) is 0 Å². The second-order valence-electron chi connectivity index (χ2n) is 6.39. The third-order valence-electron chi connectivity index (χ3n) is 4.70. The number of fused-ring (bicyclic) bond motifs is 3. The van der Waals surface area contributed by atoms with Crippen LogP contribution in [0.4, 0.5) is 15.9 Å². The number of rotatable bonds is 5. The summed E-state index contributed by atoms with van der Waals surface area (Å²) in [5.74, 6) is 0.464. The van der Waals surface area contributed by atoms with E-state index in [-0.39, 0.29) is 6.67 Å². The molecule has 1 unspecified atom stereocenters. The summed E-state index contributed by atoms with van der Waals surface area (Å²) >= 11 is 6.52. The van der Waals surface area contributed by atoms with Gasteiger partial charge < -0.3 is 20.9 Å². The fourth-order valence-corrected chi connectivity index (χ4v) is 3.81.